The van der Waals surface area contributed by atoms with Crippen LogP contribution in [-0.4, -0.2) is 25.0 Å². The summed E-state index contributed by atoms with van der Waals surface area (Å²) in [6, 6.07) is 0.141. The predicted molar refractivity (Wildman–Crippen MR) is 75.7 cm³/mol. The molecule has 1 amide bonds. The van der Waals surface area contributed by atoms with Gasteiger partial charge in [-0.15, -0.1) is 0 Å². The Hall–Kier alpha value is -0.610. The van der Waals surface area contributed by atoms with E-state index in [2.05, 4.69) is 5.32 Å². The van der Waals surface area contributed by atoms with E-state index in [4.69, 9.17) is 0 Å². The van der Waals surface area contributed by atoms with Crippen LogP contribution in [0.4, 0.5) is 0 Å². The van der Waals surface area contributed by atoms with E-state index in [9.17, 15) is 10.0 Å². The van der Waals surface area contributed by atoms with Crippen molar-refractivity contribution in [2.75, 3.05) is 13.1 Å². The standard InChI is InChI=1S/C15H28N2O2/c18-15(16-14-11-17(19)12-14)10-6-2-5-9-13-7-3-1-4-8-13/h13-14,17H,1-12H2,(H,16,18). The molecule has 19 heavy (non-hydrogen) atoms. The Kier molecular flexibility index (Phi) is 6.11. The van der Waals surface area contributed by atoms with Crippen molar-refractivity contribution in [3.05, 3.63) is 5.21 Å². The number of carbonyl (C=O) groups excluding carboxylic acids is 1. The van der Waals surface area contributed by atoms with E-state index in [1.165, 1.54) is 51.4 Å². The molecule has 0 radical (unpaired) electrons. The van der Waals surface area contributed by atoms with Crippen LogP contribution in [0.15, 0.2) is 0 Å². The van der Waals surface area contributed by atoms with Gasteiger partial charge in [0.15, 0.2) is 0 Å². The van der Waals surface area contributed by atoms with Crippen molar-refractivity contribution in [1.82, 2.24) is 5.32 Å². The molecule has 2 aliphatic rings. The summed E-state index contributed by atoms with van der Waals surface area (Å²) >= 11 is 0. The van der Waals surface area contributed by atoms with Gasteiger partial charge in [0, 0.05) is 6.42 Å². The average molecular weight is 268 g/mol. The minimum Gasteiger partial charge on any atom is -0.634 e. The number of hydrogen-bond donors (Lipinski definition) is 2. The molecule has 0 aromatic rings. The average Bonchev–Trinajstić information content (AvgIpc) is 2.38. The molecule has 0 spiro atoms. The number of amides is 1. The fourth-order valence-electron chi connectivity index (χ4n) is 3.26. The van der Waals surface area contributed by atoms with Crippen LogP contribution in [0.2, 0.25) is 0 Å². The van der Waals surface area contributed by atoms with Gasteiger partial charge in [-0.1, -0.05) is 51.4 Å². The van der Waals surface area contributed by atoms with Crippen LogP contribution in [0, 0.1) is 11.1 Å². The zero-order valence-electron chi connectivity index (χ0n) is 12.0. The lowest BCUT2D eigenvalue weighted by atomic mass is 9.85. The minimum atomic E-state index is 0.134. The van der Waals surface area contributed by atoms with Gasteiger partial charge in [-0.2, -0.15) is 0 Å². The van der Waals surface area contributed by atoms with Gasteiger partial charge < -0.3 is 15.6 Å². The summed E-state index contributed by atoms with van der Waals surface area (Å²) in [5, 5.41) is 14.0. The lowest BCUT2D eigenvalue weighted by Gasteiger charge is -2.38. The summed E-state index contributed by atoms with van der Waals surface area (Å²) in [7, 11) is 0. The minimum absolute atomic E-state index is 0.134. The fourth-order valence-corrected chi connectivity index (χ4v) is 3.26. The molecule has 0 atom stereocenters. The maximum absolute atomic E-state index is 11.6. The molecule has 0 bridgehead atoms. The third kappa shape index (κ3) is 5.49. The smallest absolute Gasteiger partial charge is 0.220 e. The SMILES string of the molecule is O=C(CCCCCC1CCCCC1)NC1C[NH+]([O-])C1. The van der Waals surface area contributed by atoms with Gasteiger partial charge >= 0.3 is 0 Å². The second-order valence-electron chi connectivity index (χ2n) is 6.31. The third-order valence-corrected chi connectivity index (χ3v) is 4.55. The molecule has 0 unspecified atom stereocenters. The normalized spacial score (nSPS) is 27.8. The first kappa shape index (κ1) is 14.8. The van der Waals surface area contributed by atoms with Gasteiger partial charge in [-0.3, -0.25) is 4.79 Å². The summed E-state index contributed by atoms with van der Waals surface area (Å²) in [4.78, 5) is 11.6. The lowest BCUT2D eigenvalue weighted by Crippen LogP contribution is -3.18. The van der Waals surface area contributed by atoms with E-state index in [0.717, 1.165) is 12.3 Å². The Balaban J connectivity index is 1.42. The molecule has 110 valence electrons. The van der Waals surface area contributed by atoms with E-state index in [0.29, 0.717) is 19.5 Å². The highest BCUT2D eigenvalue weighted by Gasteiger charge is 2.26. The summed E-state index contributed by atoms with van der Waals surface area (Å²) in [5.74, 6) is 1.10. The van der Waals surface area contributed by atoms with Crippen molar-refractivity contribution < 1.29 is 9.86 Å². The van der Waals surface area contributed by atoms with E-state index in [-0.39, 0.29) is 17.0 Å². The number of hydroxylamine groups is 2. The van der Waals surface area contributed by atoms with Crippen molar-refractivity contribution in [3.8, 4) is 0 Å². The van der Waals surface area contributed by atoms with Crippen molar-refractivity contribution in [3.63, 3.8) is 0 Å². The van der Waals surface area contributed by atoms with Gasteiger partial charge in [0.05, 0.1) is 0 Å². The third-order valence-electron chi connectivity index (χ3n) is 4.55. The Bertz CT molecular complexity index is 271. The van der Waals surface area contributed by atoms with E-state index in [1.54, 1.807) is 0 Å². The van der Waals surface area contributed by atoms with Crippen LogP contribution in [0.5, 0.6) is 0 Å². The molecule has 1 aliphatic heterocycles. The molecule has 0 aromatic carbocycles. The summed E-state index contributed by atoms with van der Waals surface area (Å²) < 4.78 is 0. The van der Waals surface area contributed by atoms with Gasteiger partial charge in [0.25, 0.3) is 0 Å². The van der Waals surface area contributed by atoms with Crippen LogP contribution in [0.25, 0.3) is 0 Å². The molecular formula is C15H28N2O2. The molecule has 2 N–H and O–H groups in total. The summed E-state index contributed by atoms with van der Waals surface area (Å²) in [6.07, 6.45) is 12.6. The zero-order valence-corrected chi connectivity index (χ0v) is 12.0. The topological polar surface area (TPSA) is 56.6 Å². The van der Waals surface area contributed by atoms with Gasteiger partial charge in [-0.05, 0) is 12.3 Å². The van der Waals surface area contributed by atoms with Crippen molar-refractivity contribution >= 4 is 5.91 Å². The molecule has 1 saturated heterocycles. The van der Waals surface area contributed by atoms with Crippen molar-refractivity contribution in [2.24, 2.45) is 5.92 Å². The molecule has 0 aromatic heterocycles. The van der Waals surface area contributed by atoms with Gasteiger partial charge in [-0.25, -0.2) is 0 Å². The van der Waals surface area contributed by atoms with E-state index < -0.39 is 0 Å². The van der Waals surface area contributed by atoms with Crippen LogP contribution >= 0.6 is 0 Å². The lowest BCUT2D eigenvalue weighted by molar-refractivity contribution is -0.893. The molecular weight excluding hydrogens is 240 g/mol. The van der Waals surface area contributed by atoms with Crippen LogP contribution in [-0.2, 0) is 4.79 Å². The summed E-state index contributed by atoms with van der Waals surface area (Å²) in [6.45, 7) is 1.10. The van der Waals surface area contributed by atoms with Crippen molar-refractivity contribution in [2.45, 2.75) is 70.3 Å². The van der Waals surface area contributed by atoms with Crippen LogP contribution in [0.3, 0.4) is 0 Å². The molecule has 2 fully saturated rings. The molecule has 1 aliphatic carbocycles. The highest BCUT2D eigenvalue weighted by Crippen LogP contribution is 2.27. The first-order valence-electron chi connectivity index (χ1n) is 8.05. The molecule has 4 nitrogen and oxygen atoms in total. The Morgan fingerprint density at radius 1 is 1.11 bits per heavy atom. The fraction of sp³-hybridized carbons (Fsp3) is 0.933. The number of rotatable bonds is 7. The second-order valence-corrected chi connectivity index (χ2v) is 6.31. The molecule has 1 saturated carbocycles. The number of nitrogens with one attached hydrogen (secondary N) is 2. The van der Waals surface area contributed by atoms with E-state index in [1.807, 2.05) is 0 Å². The monoisotopic (exact) mass is 268 g/mol. The van der Waals surface area contributed by atoms with Crippen LogP contribution in [0.1, 0.15) is 64.2 Å². The Morgan fingerprint density at radius 2 is 1.84 bits per heavy atom. The Morgan fingerprint density at radius 3 is 2.53 bits per heavy atom. The maximum Gasteiger partial charge on any atom is 0.220 e. The zero-order chi connectivity index (χ0) is 13.5. The maximum atomic E-state index is 11.6. The summed E-state index contributed by atoms with van der Waals surface area (Å²) in [5.41, 5.74) is 0. The first-order chi connectivity index (χ1) is 9.24. The molecule has 4 heteroatoms. The first-order valence-corrected chi connectivity index (χ1v) is 8.05. The predicted octanol–water partition coefficient (Wildman–Crippen LogP) is 1.40. The number of carbonyl (C=O) groups is 1. The molecule has 2 rings (SSSR count). The quantitative estimate of drug-likeness (QED) is 0.541. The Labute approximate surface area is 116 Å². The molecule has 1 heterocycles. The number of unbranched alkanes of at least 4 members (excludes halogenated alkanes) is 2. The second kappa shape index (κ2) is 7.85. The largest absolute Gasteiger partial charge is 0.634 e. The number of quaternary nitrogens is 1. The van der Waals surface area contributed by atoms with Gasteiger partial charge in [0.1, 0.15) is 19.1 Å². The number of hydrogen-bond acceptors (Lipinski definition) is 2. The van der Waals surface area contributed by atoms with Crippen LogP contribution < -0.4 is 10.4 Å². The van der Waals surface area contributed by atoms with Crippen molar-refractivity contribution in [1.29, 1.82) is 0 Å². The van der Waals surface area contributed by atoms with Gasteiger partial charge in [0.2, 0.25) is 5.91 Å². The highest BCUT2D eigenvalue weighted by atomic mass is 16.5. The highest BCUT2D eigenvalue weighted by molar-refractivity contribution is 5.76. The van der Waals surface area contributed by atoms with E-state index >= 15 is 0 Å².